The molecule has 6 aromatic carbocycles. The molecule has 4 N–H and O–H groups in total. The molecular weight excluding hydrogens is 584 g/mol. The van der Waals surface area contributed by atoms with Gasteiger partial charge in [-0.2, -0.15) is 0 Å². The van der Waals surface area contributed by atoms with Crippen molar-refractivity contribution in [1.29, 1.82) is 0 Å². The number of aliphatic hydroxyl groups is 2. The number of benzene rings is 6. The fourth-order valence-electron chi connectivity index (χ4n) is 8.25. The van der Waals surface area contributed by atoms with Crippen LogP contribution in [0.2, 0.25) is 0 Å². The molecule has 10 rings (SSSR count). The monoisotopic (exact) mass is 606 g/mol. The number of ketones is 2. The molecule has 2 heterocycles. The lowest BCUT2D eigenvalue weighted by molar-refractivity contribution is -0.193. The van der Waals surface area contributed by atoms with Gasteiger partial charge in [0.25, 0.3) is 11.6 Å². The minimum Gasteiger partial charge on any atom is -0.508 e. The molecule has 222 valence electrons. The van der Waals surface area contributed by atoms with E-state index in [1.165, 1.54) is 24.3 Å². The van der Waals surface area contributed by atoms with Crippen LogP contribution in [0.4, 0.5) is 0 Å². The summed E-state index contributed by atoms with van der Waals surface area (Å²) in [5.74, 6) is -8.19. The van der Waals surface area contributed by atoms with Gasteiger partial charge in [0, 0.05) is 33.0 Å². The Hall–Kier alpha value is -5.70. The first-order valence-corrected chi connectivity index (χ1v) is 14.9. The van der Waals surface area contributed by atoms with E-state index in [1.54, 1.807) is 60.7 Å². The van der Waals surface area contributed by atoms with Crippen LogP contribution in [-0.2, 0) is 0 Å². The van der Waals surface area contributed by atoms with Crippen molar-refractivity contribution in [2.45, 2.75) is 23.4 Å². The molecule has 0 spiro atoms. The first-order chi connectivity index (χ1) is 22.2. The Morgan fingerprint density at radius 1 is 0.500 bits per heavy atom. The summed E-state index contributed by atoms with van der Waals surface area (Å²) in [4.78, 5) is 29.4. The lowest BCUT2D eigenvalue weighted by atomic mass is 9.59. The van der Waals surface area contributed by atoms with Gasteiger partial charge in [0.05, 0.1) is 11.8 Å². The molecule has 8 heteroatoms. The molecule has 2 aliphatic heterocycles. The SMILES string of the molecule is O=C1c2c(-c3ccc(O)cc3)ccc3ccc4c(c23)[C@@H]2[C@H]3c5c(ccc6ccc(-c7ccc(O)cc7)c(c56)C(=O)[C@@]3(O)O4)O[C@]12O. The Labute approximate surface area is 260 Å². The van der Waals surface area contributed by atoms with Crippen LogP contribution in [0, 0.1) is 0 Å². The zero-order chi connectivity index (χ0) is 31.3. The number of carbonyl (C=O) groups excluding carboxylic acids is 2. The van der Waals surface area contributed by atoms with E-state index in [0.29, 0.717) is 44.2 Å². The Bertz CT molecular complexity index is 2240. The molecule has 8 nitrogen and oxygen atoms in total. The molecule has 4 aliphatic rings. The first-order valence-electron chi connectivity index (χ1n) is 14.9. The average molecular weight is 607 g/mol. The molecule has 0 radical (unpaired) electrons. The quantitative estimate of drug-likeness (QED) is 0.184. The van der Waals surface area contributed by atoms with Crippen molar-refractivity contribution < 1.29 is 39.5 Å². The van der Waals surface area contributed by atoms with Gasteiger partial charge in [0.15, 0.2) is 0 Å². The van der Waals surface area contributed by atoms with E-state index in [2.05, 4.69) is 0 Å². The summed E-state index contributed by atoms with van der Waals surface area (Å²) in [7, 11) is 0. The van der Waals surface area contributed by atoms with Crippen LogP contribution in [0.3, 0.4) is 0 Å². The fourth-order valence-corrected chi connectivity index (χ4v) is 8.25. The standard InChI is InChI=1S/C38H22O8/c39-21-9-1-17(2-10-21)23-13-5-19-7-15-25-31-27(19)29(23)35(41)37(43)33(31)34-32-26(45-37)16-8-20-6-14-24(18-3-11-22(40)12-4-18)30(28(20)32)36(42)38(34,44)46-25/h1-16,33-34,39-40,43-44H/t33-,34-,37+,38+/m1/s1. The van der Waals surface area contributed by atoms with Crippen LogP contribution in [-0.4, -0.2) is 43.6 Å². The molecule has 0 aromatic heterocycles. The Morgan fingerprint density at radius 2 is 0.870 bits per heavy atom. The maximum Gasteiger partial charge on any atom is 0.280 e. The van der Waals surface area contributed by atoms with Gasteiger partial charge < -0.3 is 29.9 Å². The van der Waals surface area contributed by atoms with Crippen molar-refractivity contribution >= 4 is 33.1 Å². The maximum absolute atomic E-state index is 14.7. The number of aromatic hydroxyl groups is 2. The number of phenolic OH excluding ortho intramolecular Hbond substituents is 2. The summed E-state index contributed by atoms with van der Waals surface area (Å²) < 4.78 is 12.7. The van der Waals surface area contributed by atoms with E-state index in [1.807, 2.05) is 12.1 Å². The third-order valence-electron chi connectivity index (χ3n) is 10.2. The maximum atomic E-state index is 14.7. The zero-order valence-corrected chi connectivity index (χ0v) is 23.8. The van der Waals surface area contributed by atoms with E-state index in [-0.39, 0.29) is 34.1 Å². The van der Waals surface area contributed by atoms with E-state index in [9.17, 15) is 30.0 Å². The molecule has 0 saturated heterocycles. The van der Waals surface area contributed by atoms with Crippen LogP contribution in [0.15, 0.2) is 97.1 Å². The van der Waals surface area contributed by atoms with Crippen molar-refractivity contribution in [2.24, 2.45) is 0 Å². The van der Waals surface area contributed by atoms with Crippen molar-refractivity contribution in [3.8, 4) is 45.3 Å². The summed E-state index contributed by atoms with van der Waals surface area (Å²) in [6.07, 6.45) is 0. The third-order valence-corrected chi connectivity index (χ3v) is 10.2. The summed E-state index contributed by atoms with van der Waals surface area (Å²) in [6.45, 7) is 0. The predicted octanol–water partition coefficient (Wildman–Crippen LogP) is 6.16. The van der Waals surface area contributed by atoms with E-state index in [0.717, 1.165) is 10.8 Å². The fraction of sp³-hybridized carbons (Fsp3) is 0.105. The van der Waals surface area contributed by atoms with E-state index < -0.39 is 35.0 Å². The highest BCUT2D eigenvalue weighted by molar-refractivity contribution is 6.23. The Balaban J connectivity index is 1.32. The minimum atomic E-state index is -2.47. The summed E-state index contributed by atoms with van der Waals surface area (Å²) >= 11 is 0. The lowest BCUT2D eigenvalue weighted by Gasteiger charge is -2.55. The molecule has 0 bridgehead atoms. The van der Waals surface area contributed by atoms with Crippen LogP contribution in [0.1, 0.15) is 43.7 Å². The summed E-state index contributed by atoms with van der Waals surface area (Å²) in [5.41, 5.74) is 3.80. The topological polar surface area (TPSA) is 134 Å². The molecule has 0 amide bonds. The Morgan fingerprint density at radius 3 is 1.26 bits per heavy atom. The lowest BCUT2D eigenvalue weighted by Crippen LogP contribution is -2.65. The molecule has 46 heavy (non-hydrogen) atoms. The Kier molecular flexibility index (Phi) is 4.52. The second-order valence-electron chi connectivity index (χ2n) is 12.4. The summed E-state index contributed by atoms with van der Waals surface area (Å²) in [6, 6.07) is 27.0. The van der Waals surface area contributed by atoms with Crippen LogP contribution in [0.5, 0.6) is 23.0 Å². The molecule has 0 saturated carbocycles. The number of rotatable bonds is 2. The van der Waals surface area contributed by atoms with Gasteiger partial charge in [-0.1, -0.05) is 60.7 Å². The molecular formula is C38H22O8. The zero-order valence-electron chi connectivity index (χ0n) is 23.8. The van der Waals surface area contributed by atoms with E-state index >= 15 is 0 Å². The van der Waals surface area contributed by atoms with Gasteiger partial charge in [0.1, 0.15) is 23.0 Å². The van der Waals surface area contributed by atoms with Gasteiger partial charge in [-0.05, 0) is 69.4 Å². The average Bonchev–Trinajstić information content (AvgIpc) is 3.06. The minimum absolute atomic E-state index is 0.0719. The largest absolute Gasteiger partial charge is 0.508 e. The van der Waals surface area contributed by atoms with Gasteiger partial charge in [0.2, 0.25) is 11.6 Å². The van der Waals surface area contributed by atoms with Gasteiger partial charge >= 0.3 is 0 Å². The molecule has 0 unspecified atom stereocenters. The highest BCUT2D eigenvalue weighted by atomic mass is 16.6. The number of hydrogen-bond acceptors (Lipinski definition) is 8. The summed E-state index contributed by atoms with van der Waals surface area (Å²) in [5, 5.41) is 47.4. The van der Waals surface area contributed by atoms with Gasteiger partial charge in [-0.25, -0.2) is 0 Å². The van der Waals surface area contributed by atoms with Crippen LogP contribution in [0.25, 0.3) is 43.8 Å². The molecule has 4 atom stereocenters. The predicted molar refractivity (Wildman–Crippen MR) is 167 cm³/mol. The number of hydrogen-bond donors (Lipinski definition) is 4. The normalized spacial score (nSPS) is 24.7. The third kappa shape index (κ3) is 2.87. The highest BCUT2D eigenvalue weighted by Crippen LogP contribution is 2.66. The number of carbonyl (C=O) groups is 2. The van der Waals surface area contributed by atoms with Crippen molar-refractivity contribution in [3.63, 3.8) is 0 Å². The first kappa shape index (κ1) is 25.6. The van der Waals surface area contributed by atoms with Crippen LogP contribution < -0.4 is 9.47 Å². The van der Waals surface area contributed by atoms with Crippen molar-refractivity contribution in [2.75, 3.05) is 0 Å². The van der Waals surface area contributed by atoms with Crippen molar-refractivity contribution in [1.82, 2.24) is 0 Å². The smallest absolute Gasteiger partial charge is 0.280 e. The molecule has 0 fully saturated rings. The number of Topliss-reactive ketones (excluding diaryl/α,β-unsaturated/α-hetero) is 2. The second kappa shape index (κ2) is 8.11. The van der Waals surface area contributed by atoms with E-state index in [4.69, 9.17) is 9.47 Å². The second-order valence-corrected chi connectivity index (χ2v) is 12.4. The molecule has 2 aliphatic carbocycles. The van der Waals surface area contributed by atoms with Gasteiger partial charge in [-0.15, -0.1) is 0 Å². The van der Waals surface area contributed by atoms with Gasteiger partial charge in [-0.3, -0.25) is 9.59 Å². The molecule has 6 aromatic rings. The number of ether oxygens (including phenoxy) is 2. The highest BCUT2D eigenvalue weighted by Gasteiger charge is 2.70. The van der Waals surface area contributed by atoms with Crippen LogP contribution >= 0.6 is 0 Å². The van der Waals surface area contributed by atoms with Crippen molar-refractivity contribution in [3.05, 3.63) is 119 Å². The number of phenols is 2.